The van der Waals surface area contributed by atoms with Crippen molar-refractivity contribution in [3.8, 4) is 11.3 Å². The maximum Gasteiger partial charge on any atom is 0.416 e. The van der Waals surface area contributed by atoms with E-state index in [9.17, 15) is 13.2 Å². The van der Waals surface area contributed by atoms with Gasteiger partial charge >= 0.3 is 6.18 Å². The second kappa shape index (κ2) is 4.28. The summed E-state index contributed by atoms with van der Waals surface area (Å²) in [7, 11) is 1.74. The van der Waals surface area contributed by atoms with E-state index < -0.39 is 11.7 Å². The monoisotopic (exact) mass is 294 g/mol. The zero-order valence-corrected chi connectivity index (χ0v) is 11.4. The number of aryl methyl sites for hydroxylation is 2. The molecule has 2 heterocycles. The first-order valence-corrected chi connectivity index (χ1v) is 6.26. The predicted octanol–water partition coefficient (Wildman–Crippen LogP) is 3.48. The number of hydrogen-bond acceptors (Lipinski definition) is 2. The molecule has 21 heavy (non-hydrogen) atoms. The second-order valence-corrected chi connectivity index (χ2v) is 4.96. The molecule has 4 nitrogen and oxygen atoms in total. The summed E-state index contributed by atoms with van der Waals surface area (Å²) in [4.78, 5) is 2.99. The molecule has 0 aliphatic carbocycles. The lowest BCUT2D eigenvalue weighted by atomic mass is 10.0. The van der Waals surface area contributed by atoms with Crippen LogP contribution < -0.4 is 5.73 Å². The lowest BCUT2D eigenvalue weighted by molar-refractivity contribution is -0.137. The largest absolute Gasteiger partial charge is 0.416 e. The van der Waals surface area contributed by atoms with Crippen molar-refractivity contribution < 1.29 is 13.2 Å². The number of aromatic amines is 1. The number of fused-ring (bicyclic) bond motifs is 1. The molecule has 0 aliphatic rings. The van der Waals surface area contributed by atoms with Gasteiger partial charge in [-0.05, 0) is 19.1 Å². The molecule has 3 aromatic rings. The van der Waals surface area contributed by atoms with Crippen LogP contribution in [0.1, 0.15) is 11.3 Å². The lowest BCUT2D eigenvalue weighted by Crippen LogP contribution is -2.04. The van der Waals surface area contributed by atoms with Gasteiger partial charge in [-0.1, -0.05) is 6.07 Å². The molecule has 3 N–H and O–H groups in total. The van der Waals surface area contributed by atoms with Crippen LogP contribution in [0.5, 0.6) is 0 Å². The highest BCUT2D eigenvalue weighted by atomic mass is 19.4. The number of anilines is 1. The maximum atomic E-state index is 12.8. The van der Waals surface area contributed by atoms with Crippen LogP contribution in [0.3, 0.4) is 0 Å². The molecule has 0 radical (unpaired) electrons. The Bertz CT molecular complexity index is 807. The fourth-order valence-corrected chi connectivity index (χ4v) is 2.57. The summed E-state index contributed by atoms with van der Waals surface area (Å²) in [5.41, 5.74) is 8.37. The molecule has 0 amide bonds. The zero-order valence-electron chi connectivity index (χ0n) is 11.4. The van der Waals surface area contributed by atoms with Gasteiger partial charge in [0.05, 0.1) is 23.1 Å². The molecule has 3 rings (SSSR count). The molecule has 0 bridgehead atoms. The number of hydrogen-bond donors (Lipinski definition) is 2. The quantitative estimate of drug-likeness (QED) is 0.722. The highest BCUT2D eigenvalue weighted by molar-refractivity contribution is 5.99. The molecule has 0 fully saturated rings. The number of alkyl halides is 3. The number of aromatic nitrogens is 3. The SMILES string of the molecule is Cc1[nH]c2cc(C(F)(F)F)ccc2c1-c1c(N)cnn1C. The Hall–Kier alpha value is -2.44. The molecule has 0 atom stereocenters. The predicted molar refractivity (Wildman–Crippen MR) is 74.7 cm³/mol. The number of rotatable bonds is 1. The van der Waals surface area contributed by atoms with Crippen LogP contribution in [0.2, 0.25) is 0 Å². The topological polar surface area (TPSA) is 59.6 Å². The summed E-state index contributed by atoms with van der Waals surface area (Å²) in [5.74, 6) is 0. The Morgan fingerprint density at radius 3 is 2.57 bits per heavy atom. The second-order valence-electron chi connectivity index (χ2n) is 4.96. The Morgan fingerprint density at radius 1 is 1.29 bits per heavy atom. The third kappa shape index (κ3) is 2.05. The molecule has 0 unspecified atom stereocenters. The average molecular weight is 294 g/mol. The molecular weight excluding hydrogens is 281 g/mol. The van der Waals surface area contributed by atoms with Crippen molar-refractivity contribution in [3.63, 3.8) is 0 Å². The van der Waals surface area contributed by atoms with Gasteiger partial charge in [0.2, 0.25) is 0 Å². The molecule has 0 saturated heterocycles. The van der Waals surface area contributed by atoms with E-state index in [1.165, 1.54) is 12.3 Å². The van der Waals surface area contributed by atoms with Crippen molar-refractivity contribution in [2.24, 2.45) is 7.05 Å². The molecule has 0 spiro atoms. The van der Waals surface area contributed by atoms with E-state index >= 15 is 0 Å². The van der Waals surface area contributed by atoms with Crippen molar-refractivity contribution in [1.29, 1.82) is 0 Å². The van der Waals surface area contributed by atoms with Crippen molar-refractivity contribution >= 4 is 16.6 Å². The number of benzene rings is 1. The van der Waals surface area contributed by atoms with Crippen LogP contribution in [0.15, 0.2) is 24.4 Å². The van der Waals surface area contributed by atoms with Gasteiger partial charge in [-0.15, -0.1) is 0 Å². The third-order valence-corrected chi connectivity index (χ3v) is 3.52. The van der Waals surface area contributed by atoms with E-state index in [0.29, 0.717) is 22.3 Å². The van der Waals surface area contributed by atoms with E-state index in [0.717, 1.165) is 23.4 Å². The molecule has 7 heteroatoms. The van der Waals surface area contributed by atoms with Gasteiger partial charge in [-0.2, -0.15) is 18.3 Å². The highest BCUT2D eigenvalue weighted by Crippen LogP contribution is 2.37. The third-order valence-electron chi connectivity index (χ3n) is 3.52. The number of nitrogens with two attached hydrogens (primary N) is 1. The molecule has 2 aromatic heterocycles. The zero-order chi connectivity index (χ0) is 15.4. The highest BCUT2D eigenvalue weighted by Gasteiger charge is 2.31. The van der Waals surface area contributed by atoms with Gasteiger partial charge in [0.25, 0.3) is 0 Å². The van der Waals surface area contributed by atoms with Crippen LogP contribution in [-0.2, 0) is 13.2 Å². The fraction of sp³-hybridized carbons (Fsp3) is 0.214. The minimum atomic E-state index is -4.36. The van der Waals surface area contributed by atoms with Crippen LogP contribution >= 0.6 is 0 Å². The summed E-state index contributed by atoms with van der Waals surface area (Å²) in [6.07, 6.45) is -2.84. The van der Waals surface area contributed by atoms with Gasteiger partial charge in [0, 0.05) is 29.2 Å². The molecule has 1 aromatic carbocycles. The van der Waals surface area contributed by atoms with Crippen LogP contribution in [0.4, 0.5) is 18.9 Å². The Balaban J connectivity index is 2.29. The van der Waals surface area contributed by atoms with Gasteiger partial charge in [-0.25, -0.2) is 0 Å². The van der Waals surface area contributed by atoms with E-state index in [2.05, 4.69) is 10.1 Å². The van der Waals surface area contributed by atoms with Crippen molar-refractivity contribution in [2.75, 3.05) is 5.73 Å². The van der Waals surface area contributed by atoms with Crippen LogP contribution in [0.25, 0.3) is 22.2 Å². The number of nitrogens with zero attached hydrogens (tertiary/aromatic N) is 2. The minimum absolute atomic E-state index is 0.429. The van der Waals surface area contributed by atoms with Crippen molar-refractivity contribution in [3.05, 3.63) is 35.7 Å². The average Bonchev–Trinajstić information content (AvgIpc) is 2.87. The Kier molecular flexibility index (Phi) is 2.76. The minimum Gasteiger partial charge on any atom is -0.396 e. The van der Waals surface area contributed by atoms with E-state index in [-0.39, 0.29) is 0 Å². The van der Waals surface area contributed by atoms with E-state index in [4.69, 9.17) is 5.73 Å². The van der Waals surface area contributed by atoms with E-state index in [1.54, 1.807) is 18.7 Å². The van der Waals surface area contributed by atoms with E-state index in [1.807, 2.05) is 0 Å². The van der Waals surface area contributed by atoms with Crippen molar-refractivity contribution in [1.82, 2.24) is 14.8 Å². The normalized spacial score (nSPS) is 12.2. The molecule has 110 valence electrons. The first-order valence-electron chi connectivity index (χ1n) is 6.26. The molecule has 0 aliphatic heterocycles. The number of nitrogen functional groups attached to an aromatic ring is 1. The summed E-state index contributed by atoms with van der Waals surface area (Å²) in [5, 5.41) is 4.77. The first kappa shape index (κ1) is 13.5. The van der Waals surface area contributed by atoms with Crippen LogP contribution in [-0.4, -0.2) is 14.8 Å². The number of H-pyrrole nitrogens is 1. The number of halogens is 3. The van der Waals surface area contributed by atoms with Gasteiger partial charge < -0.3 is 10.7 Å². The smallest absolute Gasteiger partial charge is 0.396 e. The van der Waals surface area contributed by atoms with Crippen LogP contribution in [0, 0.1) is 6.92 Å². The van der Waals surface area contributed by atoms with Gasteiger partial charge in [0.1, 0.15) is 0 Å². The summed E-state index contributed by atoms with van der Waals surface area (Å²) in [6.45, 7) is 1.80. The maximum absolute atomic E-state index is 12.8. The fourth-order valence-electron chi connectivity index (χ4n) is 2.57. The summed E-state index contributed by atoms with van der Waals surface area (Å²) >= 11 is 0. The summed E-state index contributed by atoms with van der Waals surface area (Å²) < 4.78 is 39.9. The van der Waals surface area contributed by atoms with Crippen molar-refractivity contribution in [2.45, 2.75) is 13.1 Å². The lowest BCUT2D eigenvalue weighted by Gasteiger charge is -2.07. The van der Waals surface area contributed by atoms with Gasteiger partial charge in [-0.3, -0.25) is 4.68 Å². The standard InChI is InChI=1S/C14H13F3N4/c1-7-12(13-10(18)6-19-21(13)2)9-4-3-8(14(15,16)17)5-11(9)20-7/h3-6,20H,18H2,1-2H3. The number of nitrogens with one attached hydrogen (secondary N) is 1. The summed E-state index contributed by atoms with van der Waals surface area (Å²) in [6, 6.07) is 3.65. The Morgan fingerprint density at radius 2 is 2.00 bits per heavy atom. The Labute approximate surface area is 118 Å². The molecular formula is C14H13F3N4. The van der Waals surface area contributed by atoms with Gasteiger partial charge in [0.15, 0.2) is 0 Å². The first-order chi connectivity index (χ1) is 9.79. The molecule has 0 saturated carbocycles.